The highest BCUT2D eigenvalue weighted by Crippen LogP contribution is 2.63. The monoisotopic (exact) mass is 244 g/mol. The molecule has 1 aromatic carbocycles. The van der Waals surface area contributed by atoms with Crippen LogP contribution < -0.4 is 4.74 Å². The van der Waals surface area contributed by atoms with Crippen LogP contribution >= 0.6 is 0 Å². The summed E-state index contributed by atoms with van der Waals surface area (Å²) in [7, 11) is 1.73. The largest absolute Gasteiger partial charge is 0.497 e. The van der Waals surface area contributed by atoms with Gasteiger partial charge in [-0.2, -0.15) is 0 Å². The van der Waals surface area contributed by atoms with E-state index in [2.05, 4.69) is 45.0 Å². The maximum Gasteiger partial charge on any atom is 0.118 e. The Labute approximate surface area is 111 Å². The molecule has 18 heavy (non-hydrogen) atoms. The molecule has 0 spiro atoms. The standard InChI is InChI=1S/C17H24O/c1-11-15-9-13(17(11,2)3)10-16(15)12-5-7-14(18-4)8-6-12/h5-8,11,13,15-16H,9-10H2,1-4H3/t11-,13+,15+,16+/m1/s1. The van der Waals surface area contributed by atoms with E-state index in [1.165, 1.54) is 18.4 Å². The van der Waals surface area contributed by atoms with Crippen molar-refractivity contribution in [3.05, 3.63) is 29.8 Å². The van der Waals surface area contributed by atoms with E-state index in [9.17, 15) is 0 Å². The Morgan fingerprint density at radius 3 is 2.28 bits per heavy atom. The summed E-state index contributed by atoms with van der Waals surface area (Å²) in [6.45, 7) is 7.39. The summed E-state index contributed by atoms with van der Waals surface area (Å²) in [5, 5.41) is 0. The average Bonchev–Trinajstić information content (AvgIpc) is 2.90. The van der Waals surface area contributed by atoms with Crippen molar-refractivity contribution in [2.24, 2.45) is 23.2 Å². The highest BCUT2D eigenvalue weighted by atomic mass is 16.5. The number of ether oxygens (including phenoxy) is 1. The molecular formula is C17H24O. The van der Waals surface area contributed by atoms with Gasteiger partial charge in [0, 0.05) is 0 Å². The minimum absolute atomic E-state index is 0.549. The zero-order chi connectivity index (χ0) is 12.9. The molecule has 98 valence electrons. The number of hydrogen-bond acceptors (Lipinski definition) is 1. The van der Waals surface area contributed by atoms with Crippen LogP contribution in [0.1, 0.15) is 45.1 Å². The predicted molar refractivity (Wildman–Crippen MR) is 74.9 cm³/mol. The van der Waals surface area contributed by atoms with Gasteiger partial charge in [0.15, 0.2) is 0 Å². The number of fused-ring (bicyclic) bond motifs is 2. The lowest BCUT2D eigenvalue weighted by atomic mass is 9.65. The van der Waals surface area contributed by atoms with Gasteiger partial charge in [-0.1, -0.05) is 32.9 Å². The fourth-order valence-electron chi connectivity index (χ4n) is 4.39. The highest BCUT2D eigenvalue weighted by Gasteiger charge is 2.54. The van der Waals surface area contributed by atoms with Gasteiger partial charge in [0.05, 0.1) is 7.11 Å². The molecule has 1 nitrogen and oxygen atoms in total. The Morgan fingerprint density at radius 2 is 1.78 bits per heavy atom. The second kappa shape index (κ2) is 4.01. The first-order chi connectivity index (χ1) is 8.54. The van der Waals surface area contributed by atoms with Crippen LogP contribution in [-0.2, 0) is 0 Å². The molecule has 1 aromatic rings. The third kappa shape index (κ3) is 1.60. The van der Waals surface area contributed by atoms with Gasteiger partial charge >= 0.3 is 0 Å². The fourth-order valence-corrected chi connectivity index (χ4v) is 4.39. The van der Waals surface area contributed by atoms with Gasteiger partial charge in [-0.15, -0.1) is 0 Å². The van der Waals surface area contributed by atoms with E-state index < -0.39 is 0 Å². The van der Waals surface area contributed by atoms with Crippen molar-refractivity contribution in [1.29, 1.82) is 0 Å². The van der Waals surface area contributed by atoms with Gasteiger partial charge in [-0.25, -0.2) is 0 Å². The van der Waals surface area contributed by atoms with E-state index in [4.69, 9.17) is 4.74 Å². The van der Waals surface area contributed by atoms with Crippen molar-refractivity contribution in [2.75, 3.05) is 7.11 Å². The second-order valence-electron chi connectivity index (χ2n) is 6.82. The quantitative estimate of drug-likeness (QED) is 0.745. The summed E-state index contributed by atoms with van der Waals surface area (Å²) in [6.07, 6.45) is 2.82. The van der Waals surface area contributed by atoms with Crippen LogP contribution in [0.25, 0.3) is 0 Å². The molecule has 2 aliphatic carbocycles. The Balaban J connectivity index is 1.84. The van der Waals surface area contributed by atoms with E-state index in [-0.39, 0.29) is 0 Å². The molecule has 0 saturated heterocycles. The van der Waals surface area contributed by atoms with Crippen LogP contribution in [0.5, 0.6) is 5.75 Å². The molecule has 0 amide bonds. The van der Waals surface area contributed by atoms with Crippen molar-refractivity contribution in [2.45, 2.75) is 39.5 Å². The maximum absolute atomic E-state index is 5.25. The lowest BCUT2D eigenvalue weighted by Gasteiger charge is -2.40. The summed E-state index contributed by atoms with van der Waals surface area (Å²) in [5.74, 6) is 4.41. The zero-order valence-corrected chi connectivity index (χ0v) is 11.9. The molecule has 4 atom stereocenters. The van der Waals surface area contributed by atoms with Crippen LogP contribution in [-0.4, -0.2) is 7.11 Å². The Hall–Kier alpha value is -0.980. The van der Waals surface area contributed by atoms with Crippen molar-refractivity contribution in [3.8, 4) is 5.75 Å². The molecule has 0 aromatic heterocycles. The number of rotatable bonds is 2. The zero-order valence-electron chi connectivity index (χ0n) is 11.9. The van der Waals surface area contributed by atoms with Gasteiger partial charge < -0.3 is 4.74 Å². The molecule has 2 bridgehead atoms. The van der Waals surface area contributed by atoms with Gasteiger partial charge in [0.1, 0.15) is 5.75 Å². The van der Waals surface area contributed by atoms with E-state index >= 15 is 0 Å². The van der Waals surface area contributed by atoms with Gasteiger partial charge in [-0.05, 0) is 59.6 Å². The van der Waals surface area contributed by atoms with E-state index in [0.29, 0.717) is 5.41 Å². The van der Waals surface area contributed by atoms with Crippen molar-refractivity contribution >= 4 is 0 Å². The van der Waals surface area contributed by atoms with Crippen LogP contribution in [0.15, 0.2) is 24.3 Å². The molecule has 2 fully saturated rings. The molecule has 0 unspecified atom stereocenters. The second-order valence-corrected chi connectivity index (χ2v) is 6.82. The van der Waals surface area contributed by atoms with Gasteiger partial charge in [0.25, 0.3) is 0 Å². The van der Waals surface area contributed by atoms with E-state index in [0.717, 1.165) is 29.4 Å². The number of hydrogen-bond donors (Lipinski definition) is 0. The molecule has 0 aliphatic heterocycles. The highest BCUT2D eigenvalue weighted by molar-refractivity contribution is 5.31. The van der Waals surface area contributed by atoms with Crippen LogP contribution in [0.4, 0.5) is 0 Å². The smallest absolute Gasteiger partial charge is 0.118 e. The molecule has 1 heteroatoms. The first-order valence-corrected chi connectivity index (χ1v) is 7.18. The average molecular weight is 244 g/mol. The SMILES string of the molecule is COc1ccc([C@@H]2C[C@@H]3C[C@H]2[C@@H](C)C3(C)C)cc1. The van der Waals surface area contributed by atoms with E-state index in [1.807, 2.05) is 0 Å². The topological polar surface area (TPSA) is 9.23 Å². The molecule has 2 aliphatic rings. The lowest BCUT2D eigenvalue weighted by molar-refractivity contribution is 0.122. The Morgan fingerprint density at radius 1 is 1.11 bits per heavy atom. The molecule has 0 N–H and O–H groups in total. The number of benzene rings is 1. The molecule has 0 heterocycles. The summed E-state index contributed by atoms with van der Waals surface area (Å²) < 4.78 is 5.25. The maximum atomic E-state index is 5.25. The van der Waals surface area contributed by atoms with Crippen molar-refractivity contribution < 1.29 is 4.74 Å². The summed E-state index contributed by atoms with van der Waals surface area (Å²) in [5.41, 5.74) is 2.07. The normalized spacial score (nSPS) is 36.9. The summed E-state index contributed by atoms with van der Waals surface area (Å²) >= 11 is 0. The third-order valence-electron chi connectivity index (χ3n) is 6.02. The van der Waals surface area contributed by atoms with Crippen molar-refractivity contribution in [3.63, 3.8) is 0 Å². The molecule has 2 saturated carbocycles. The first kappa shape index (κ1) is 12.1. The van der Waals surface area contributed by atoms with Gasteiger partial charge in [0.2, 0.25) is 0 Å². The van der Waals surface area contributed by atoms with E-state index in [1.54, 1.807) is 7.11 Å². The van der Waals surface area contributed by atoms with Crippen LogP contribution in [0.3, 0.4) is 0 Å². The molecule has 0 radical (unpaired) electrons. The minimum atomic E-state index is 0.549. The summed E-state index contributed by atoms with van der Waals surface area (Å²) in [6, 6.07) is 8.75. The molecule has 3 rings (SSSR count). The van der Waals surface area contributed by atoms with Crippen LogP contribution in [0.2, 0.25) is 0 Å². The predicted octanol–water partition coefficient (Wildman–Crippen LogP) is 4.48. The minimum Gasteiger partial charge on any atom is -0.497 e. The van der Waals surface area contributed by atoms with Crippen LogP contribution in [0, 0.1) is 23.2 Å². The fraction of sp³-hybridized carbons (Fsp3) is 0.647. The van der Waals surface area contributed by atoms with Gasteiger partial charge in [-0.3, -0.25) is 0 Å². The Kier molecular flexibility index (Phi) is 2.69. The Bertz CT molecular complexity index is 427. The molecular weight excluding hydrogens is 220 g/mol. The summed E-state index contributed by atoms with van der Waals surface area (Å²) in [4.78, 5) is 0. The first-order valence-electron chi connectivity index (χ1n) is 7.18. The number of methoxy groups -OCH3 is 1. The lowest BCUT2D eigenvalue weighted by Crippen LogP contribution is -2.32. The van der Waals surface area contributed by atoms with Crippen molar-refractivity contribution in [1.82, 2.24) is 0 Å². The third-order valence-corrected chi connectivity index (χ3v) is 6.02.